The van der Waals surface area contributed by atoms with Gasteiger partial charge in [-0.3, -0.25) is 9.59 Å². The maximum absolute atomic E-state index is 12.5. The molecular weight excluding hydrogens is 254 g/mol. The molecule has 4 N–H and O–H groups in total. The molecule has 0 aliphatic heterocycles. The lowest BCUT2D eigenvalue weighted by Crippen LogP contribution is -2.59. The fourth-order valence-electron chi connectivity index (χ4n) is 2.70. The predicted octanol–water partition coefficient (Wildman–Crippen LogP) is 1.46. The Kier molecular flexibility index (Phi) is 7.59. The number of hydrogen-bond acceptors (Lipinski definition) is 3. The van der Waals surface area contributed by atoms with Crippen molar-refractivity contribution in [2.75, 3.05) is 13.1 Å². The molecule has 0 atom stereocenters. The maximum atomic E-state index is 12.5. The largest absolute Gasteiger partial charge is 0.354 e. The number of hydrogen-bond donors (Lipinski definition) is 3. The number of carbonyl (C=O) groups excluding carboxylic acids is 2. The van der Waals surface area contributed by atoms with E-state index in [2.05, 4.69) is 17.6 Å². The van der Waals surface area contributed by atoms with Crippen LogP contribution in [0.5, 0.6) is 0 Å². The zero-order chi connectivity index (χ0) is 14.8. The van der Waals surface area contributed by atoms with Gasteiger partial charge < -0.3 is 16.4 Å². The number of carbonyl (C=O) groups is 2. The lowest BCUT2D eigenvalue weighted by atomic mass is 9.80. The molecule has 1 aliphatic carbocycles. The van der Waals surface area contributed by atoms with E-state index >= 15 is 0 Å². The van der Waals surface area contributed by atoms with Gasteiger partial charge in [0.25, 0.3) is 0 Å². The maximum Gasteiger partial charge on any atom is 0.245 e. The van der Waals surface area contributed by atoms with Crippen molar-refractivity contribution >= 4 is 11.8 Å². The first-order valence-corrected chi connectivity index (χ1v) is 7.94. The van der Waals surface area contributed by atoms with Crippen molar-refractivity contribution in [3.8, 4) is 0 Å². The van der Waals surface area contributed by atoms with E-state index in [0.717, 1.165) is 44.9 Å². The molecule has 0 aromatic rings. The molecule has 2 amide bonds. The zero-order valence-electron chi connectivity index (χ0n) is 12.7. The van der Waals surface area contributed by atoms with Crippen LogP contribution >= 0.6 is 0 Å². The number of nitrogens with two attached hydrogens (primary N) is 1. The van der Waals surface area contributed by atoms with Crippen LogP contribution in [-0.2, 0) is 9.59 Å². The minimum absolute atomic E-state index is 0.00764. The van der Waals surface area contributed by atoms with Crippen molar-refractivity contribution in [2.45, 2.75) is 70.3 Å². The molecule has 0 aromatic heterocycles. The third-order valence-corrected chi connectivity index (χ3v) is 3.94. The van der Waals surface area contributed by atoms with Crippen LogP contribution in [0.1, 0.15) is 64.7 Å². The second-order valence-corrected chi connectivity index (χ2v) is 5.69. The second kappa shape index (κ2) is 8.95. The van der Waals surface area contributed by atoms with Gasteiger partial charge in [-0.25, -0.2) is 0 Å². The Morgan fingerprint density at radius 2 is 1.85 bits per heavy atom. The van der Waals surface area contributed by atoms with Crippen LogP contribution in [0, 0.1) is 0 Å². The van der Waals surface area contributed by atoms with E-state index in [1.807, 2.05) is 0 Å². The van der Waals surface area contributed by atoms with Crippen molar-refractivity contribution < 1.29 is 9.59 Å². The lowest BCUT2D eigenvalue weighted by molar-refractivity contribution is -0.135. The smallest absolute Gasteiger partial charge is 0.245 e. The van der Waals surface area contributed by atoms with Crippen LogP contribution in [0.15, 0.2) is 0 Å². The molecule has 0 bridgehead atoms. The first-order chi connectivity index (χ1) is 9.64. The minimum atomic E-state index is -0.683. The van der Waals surface area contributed by atoms with Gasteiger partial charge in [-0.05, 0) is 32.2 Å². The van der Waals surface area contributed by atoms with E-state index in [9.17, 15) is 9.59 Å². The normalized spacial score (nSPS) is 17.5. The van der Waals surface area contributed by atoms with Gasteiger partial charge in [0.05, 0.1) is 0 Å². The molecular formula is C15H29N3O2. The summed E-state index contributed by atoms with van der Waals surface area (Å²) in [6.45, 7) is 3.29. The molecule has 0 spiro atoms. The molecule has 1 rings (SSSR count). The van der Waals surface area contributed by atoms with Gasteiger partial charge in [0.1, 0.15) is 5.54 Å². The van der Waals surface area contributed by atoms with Crippen molar-refractivity contribution in [1.29, 1.82) is 0 Å². The predicted molar refractivity (Wildman–Crippen MR) is 80.2 cm³/mol. The highest BCUT2D eigenvalue weighted by molar-refractivity contribution is 5.91. The molecule has 0 aromatic carbocycles. The molecule has 5 heteroatoms. The van der Waals surface area contributed by atoms with Crippen molar-refractivity contribution in [3.63, 3.8) is 0 Å². The Morgan fingerprint density at radius 1 is 1.15 bits per heavy atom. The molecule has 0 heterocycles. The molecule has 5 nitrogen and oxygen atoms in total. The Hall–Kier alpha value is -1.10. The summed E-state index contributed by atoms with van der Waals surface area (Å²) >= 11 is 0. The van der Waals surface area contributed by atoms with Gasteiger partial charge in [0, 0.05) is 13.0 Å². The summed E-state index contributed by atoms with van der Waals surface area (Å²) in [7, 11) is 0. The van der Waals surface area contributed by atoms with E-state index in [-0.39, 0.29) is 11.8 Å². The lowest BCUT2D eigenvalue weighted by Gasteiger charge is -2.36. The van der Waals surface area contributed by atoms with Gasteiger partial charge >= 0.3 is 0 Å². The van der Waals surface area contributed by atoms with Crippen molar-refractivity contribution in [1.82, 2.24) is 10.6 Å². The van der Waals surface area contributed by atoms with E-state index < -0.39 is 5.54 Å². The molecule has 0 radical (unpaired) electrons. The molecule has 20 heavy (non-hydrogen) atoms. The van der Waals surface area contributed by atoms with Gasteiger partial charge in [0.15, 0.2) is 0 Å². The standard InChI is InChI=1S/C15H29N3O2/c1-2-3-12-17-14(20)15(9-5-4-6-10-15)18-13(19)8-7-11-16/h2-12,16H2,1H3,(H,17,20)(H,18,19). The van der Waals surface area contributed by atoms with Gasteiger partial charge in [0.2, 0.25) is 11.8 Å². The van der Waals surface area contributed by atoms with E-state index in [1.165, 1.54) is 0 Å². The van der Waals surface area contributed by atoms with Gasteiger partial charge in [-0.1, -0.05) is 32.6 Å². The summed E-state index contributed by atoms with van der Waals surface area (Å²) in [4.78, 5) is 24.4. The summed E-state index contributed by atoms with van der Waals surface area (Å²) in [5, 5.41) is 5.96. The van der Waals surface area contributed by atoms with Gasteiger partial charge in [-0.2, -0.15) is 0 Å². The van der Waals surface area contributed by atoms with E-state index in [0.29, 0.717) is 25.9 Å². The van der Waals surface area contributed by atoms with Crippen molar-refractivity contribution in [3.05, 3.63) is 0 Å². The Balaban J connectivity index is 2.60. The van der Waals surface area contributed by atoms with Crippen LogP contribution < -0.4 is 16.4 Å². The summed E-state index contributed by atoms with van der Waals surface area (Å²) < 4.78 is 0. The molecule has 1 aliphatic rings. The first kappa shape index (κ1) is 17.0. The molecule has 0 saturated heterocycles. The number of unbranched alkanes of at least 4 members (excludes halogenated alkanes) is 1. The average Bonchev–Trinajstić information content (AvgIpc) is 2.46. The Morgan fingerprint density at radius 3 is 2.45 bits per heavy atom. The summed E-state index contributed by atoms with van der Waals surface area (Å²) in [5.41, 5.74) is 4.74. The average molecular weight is 283 g/mol. The molecule has 0 unspecified atom stereocenters. The van der Waals surface area contributed by atoms with E-state index in [1.54, 1.807) is 0 Å². The fourth-order valence-corrected chi connectivity index (χ4v) is 2.70. The van der Waals surface area contributed by atoms with Crippen LogP contribution in [0.2, 0.25) is 0 Å². The second-order valence-electron chi connectivity index (χ2n) is 5.69. The Labute approximate surface area is 122 Å². The van der Waals surface area contributed by atoms with Gasteiger partial charge in [-0.15, -0.1) is 0 Å². The fraction of sp³-hybridized carbons (Fsp3) is 0.867. The van der Waals surface area contributed by atoms with Crippen molar-refractivity contribution in [2.24, 2.45) is 5.73 Å². The summed E-state index contributed by atoms with van der Waals surface area (Å²) in [5.74, 6) is -0.0604. The molecule has 1 fully saturated rings. The third kappa shape index (κ3) is 5.12. The third-order valence-electron chi connectivity index (χ3n) is 3.94. The quantitative estimate of drug-likeness (QED) is 0.590. The zero-order valence-corrected chi connectivity index (χ0v) is 12.7. The SMILES string of the molecule is CCCCNC(=O)C1(NC(=O)CCCN)CCCCC1. The first-order valence-electron chi connectivity index (χ1n) is 7.94. The number of rotatable bonds is 8. The van der Waals surface area contributed by atoms with E-state index in [4.69, 9.17) is 5.73 Å². The highest BCUT2D eigenvalue weighted by atomic mass is 16.2. The van der Waals surface area contributed by atoms with Crippen LogP contribution in [-0.4, -0.2) is 30.4 Å². The molecule has 116 valence electrons. The highest BCUT2D eigenvalue weighted by Gasteiger charge is 2.40. The summed E-state index contributed by atoms with van der Waals surface area (Å²) in [6.07, 6.45) is 7.73. The minimum Gasteiger partial charge on any atom is -0.354 e. The summed E-state index contributed by atoms with van der Waals surface area (Å²) in [6, 6.07) is 0. The number of amides is 2. The highest BCUT2D eigenvalue weighted by Crippen LogP contribution is 2.28. The monoisotopic (exact) mass is 283 g/mol. The topological polar surface area (TPSA) is 84.2 Å². The number of nitrogens with one attached hydrogen (secondary N) is 2. The van der Waals surface area contributed by atoms with Crippen LogP contribution in [0.4, 0.5) is 0 Å². The van der Waals surface area contributed by atoms with Crippen LogP contribution in [0.25, 0.3) is 0 Å². The Bertz CT molecular complexity index is 312. The molecule has 1 saturated carbocycles. The van der Waals surface area contributed by atoms with Crippen LogP contribution in [0.3, 0.4) is 0 Å².